The molecule has 1 saturated heterocycles. The van der Waals surface area contributed by atoms with E-state index in [1.165, 1.54) is 34.2 Å². The first kappa shape index (κ1) is 20.7. The molecular weight excluding hydrogens is 459 g/mol. The van der Waals surface area contributed by atoms with E-state index in [4.69, 9.17) is 11.6 Å². The van der Waals surface area contributed by atoms with Crippen LogP contribution >= 0.6 is 22.9 Å². The number of sulfonamides is 1. The van der Waals surface area contributed by atoms with E-state index in [1.54, 1.807) is 0 Å². The Morgan fingerprint density at radius 3 is 2.65 bits per heavy atom. The number of halogens is 2. The lowest BCUT2D eigenvalue weighted by Crippen LogP contribution is -2.39. The number of fused-ring (bicyclic) bond motifs is 1. The molecule has 31 heavy (non-hydrogen) atoms. The summed E-state index contributed by atoms with van der Waals surface area (Å²) in [6.45, 7) is 2.17. The predicted molar refractivity (Wildman–Crippen MR) is 121 cm³/mol. The van der Waals surface area contributed by atoms with E-state index in [1.807, 2.05) is 12.1 Å². The zero-order valence-electron chi connectivity index (χ0n) is 16.4. The molecule has 162 valence electrons. The van der Waals surface area contributed by atoms with Crippen molar-refractivity contribution >= 4 is 44.5 Å². The maximum absolute atomic E-state index is 14.8. The predicted octanol–water partition coefficient (Wildman–Crippen LogP) is 5.04. The lowest BCUT2D eigenvalue weighted by Gasteiger charge is -2.37. The van der Waals surface area contributed by atoms with Crippen LogP contribution in [0.4, 0.5) is 15.9 Å². The molecule has 0 spiro atoms. The number of anilines is 2. The molecular formula is C21H20ClFN4O2S2. The van der Waals surface area contributed by atoms with Crippen molar-refractivity contribution in [1.29, 1.82) is 0 Å². The standard InChI is InChI=1S/C21H20ClFN4O2S2/c22-15-8-20(31(28,29)26-21-11-30-12-24-21)16(23)9-18(15)25-17-10-19(27-6-3-7-27)14-5-2-1-4-13(14)17/h1-2,4-5,8-9,11-12,17,19,25-26H,3,6-7,10H2/t17-,19-/m0/s1. The number of thiazole rings is 1. The van der Waals surface area contributed by atoms with Gasteiger partial charge in [0.1, 0.15) is 10.7 Å². The number of aromatic nitrogens is 1. The molecule has 2 N–H and O–H groups in total. The second-order valence-electron chi connectivity index (χ2n) is 7.71. The molecule has 2 heterocycles. The van der Waals surface area contributed by atoms with Gasteiger partial charge in [-0.25, -0.2) is 17.8 Å². The molecule has 0 saturated carbocycles. The second kappa shape index (κ2) is 8.05. The highest BCUT2D eigenvalue weighted by molar-refractivity contribution is 7.92. The van der Waals surface area contributed by atoms with Gasteiger partial charge < -0.3 is 5.32 Å². The van der Waals surface area contributed by atoms with Gasteiger partial charge in [-0.3, -0.25) is 9.62 Å². The number of hydrogen-bond acceptors (Lipinski definition) is 6. The van der Waals surface area contributed by atoms with Gasteiger partial charge in [0.05, 0.1) is 22.3 Å². The van der Waals surface area contributed by atoms with Crippen LogP contribution in [0.3, 0.4) is 0 Å². The minimum Gasteiger partial charge on any atom is -0.377 e. The van der Waals surface area contributed by atoms with Crippen LogP contribution in [0.5, 0.6) is 0 Å². The van der Waals surface area contributed by atoms with Gasteiger partial charge in [-0.05, 0) is 49.2 Å². The average Bonchev–Trinajstić information content (AvgIpc) is 3.31. The molecule has 0 bridgehead atoms. The van der Waals surface area contributed by atoms with Crippen LogP contribution in [-0.4, -0.2) is 31.4 Å². The monoisotopic (exact) mass is 478 g/mol. The number of rotatable bonds is 6. The van der Waals surface area contributed by atoms with E-state index in [0.717, 1.165) is 37.2 Å². The molecule has 1 aliphatic carbocycles. The summed E-state index contributed by atoms with van der Waals surface area (Å²) >= 11 is 7.62. The fourth-order valence-electron chi connectivity index (χ4n) is 4.23. The van der Waals surface area contributed by atoms with Gasteiger partial charge in [-0.2, -0.15) is 0 Å². The first-order valence-corrected chi connectivity index (χ1v) is 12.7. The zero-order chi connectivity index (χ0) is 21.6. The van der Waals surface area contributed by atoms with E-state index in [-0.39, 0.29) is 16.9 Å². The summed E-state index contributed by atoms with van der Waals surface area (Å²) in [6, 6.07) is 10.8. The average molecular weight is 479 g/mol. The smallest absolute Gasteiger partial charge is 0.266 e. The van der Waals surface area contributed by atoms with Crippen molar-refractivity contribution in [2.24, 2.45) is 0 Å². The molecule has 0 amide bonds. The lowest BCUT2D eigenvalue weighted by molar-refractivity contribution is 0.116. The summed E-state index contributed by atoms with van der Waals surface area (Å²) in [5, 5.41) is 5.01. The molecule has 1 aromatic heterocycles. The summed E-state index contributed by atoms with van der Waals surface area (Å²) in [5.41, 5.74) is 4.30. The van der Waals surface area contributed by atoms with Crippen molar-refractivity contribution in [3.05, 3.63) is 69.3 Å². The highest BCUT2D eigenvalue weighted by atomic mass is 35.5. The van der Waals surface area contributed by atoms with Gasteiger partial charge in [0.15, 0.2) is 5.82 Å². The van der Waals surface area contributed by atoms with E-state index < -0.39 is 20.7 Å². The van der Waals surface area contributed by atoms with Crippen LogP contribution in [-0.2, 0) is 10.0 Å². The molecule has 3 aromatic rings. The molecule has 1 fully saturated rings. The first-order valence-electron chi connectivity index (χ1n) is 9.92. The Kier molecular flexibility index (Phi) is 5.37. The molecule has 5 rings (SSSR count). The van der Waals surface area contributed by atoms with Gasteiger partial charge in [0.2, 0.25) is 0 Å². The Bertz CT molecular complexity index is 1220. The minimum absolute atomic E-state index is 0.0331. The van der Waals surface area contributed by atoms with Crippen LogP contribution in [0.15, 0.2) is 52.2 Å². The van der Waals surface area contributed by atoms with E-state index in [0.29, 0.717) is 11.7 Å². The summed E-state index contributed by atoms with van der Waals surface area (Å²) in [5.74, 6) is -0.734. The number of nitrogens with one attached hydrogen (secondary N) is 2. The van der Waals surface area contributed by atoms with Crippen LogP contribution in [0.1, 0.15) is 36.1 Å². The SMILES string of the molecule is O=S(=O)(Nc1cscn1)c1cc(Cl)c(N[C@H]2C[C@H](N3CCC3)c3ccccc32)cc1F. The fourth-order valence-corrected chi connectivity index (χ4v) is 6.16. The number of benzene rings is 2. The van der Waals surface area contributed by atoms with Crippen molar-refractivity contribution in [1.82, 2.24) is 9.88 Å². The maximum atomic E-state index is 14.8. The van der Waals surface area contributed by atoms with Gasteiger partial charge in [-0.1, -0.05) is 35.9 Å². The third-order valence-corrected chi connectivity index (χ3v) is 8.10. The van der Waals surface area contributed by atoms with Gasteiger partial charge in [-0.15, -0.1) is 11.3 Å². The highest BCUT2D eigenvalue weighted by Gasteiger charge is 2.36. The van der Waals surface area contributed by atoms with Crippen LogP contribution in [0.2, 0.25) is 5.02 Å². The topological polar surface area (TPSA) is 74.3 Å². The maximum Gasteiger partial charge on any atom is 0.266 e. The third-order valence-electron chi connectivity index (χ3n) is 5.83. The van der Waals surface area contributed by atoms with E-state index in [9.17, 15) is 12.8 Å². The van der Waals surface area contributed by atoms with Gasteiger partial charge in [0.25, 0.3) is 10.0 Å². The number of nitrogens with zero attached hydrogens (tertiary/aromatic N) is 2. The van der Waals surface area contributed by atoms with E-state index in [2.05, 4.69) is 32.1 Å². The largest absolute Gasteiger partial charge is 0.377 e. The summed E-state index contributed by atoms with van der Waals surface area (Å²) in [7, 11) is -4.14. The fraction of sp³-hybridized carbons (Fsp3) is 0.286. The normalized spacial score (nSPS) is 20.8. The first-order chi connectivity index (χ1) is 14.9. The number of hydrogen-bond donors (Lipinski definition) is 2. The Morgan fingerprint density at radius 1 is 1.19 bits per heavy atom. The van der Waals surface area contributed by atoms with Crippen LogP contribution in [0, 0.1) is 5.82 Å². The number of likely N-dealkylation sites (tertiary alicyclic amines) is 1. The van der Waals surface area contributed by atoms with Gasteiger partial charge in [0, 0.05) is 11.4 Å². The van der Waals surface area contributed by atoms with Crippen molar-refractivity contribution in [3.8, 4) is 0 Å². The summed E-state index contributed by atoms with van der Waals surface area (Å²) < 4.78 is 42.3. The molecule has 1 aliphatic heterocycles. The molecule has 10 heteroatoms. The van der Waals surface area contributed by atoms with Crippen molar-refractivity contribution in [2.45, 2.75) is 29.8 Å². The summed E-state index contributed by atoms with van der Waals surface area (Å²) in [6.07, 6.45) is 2.06. The molecule has 2 aromatic carbocycles. The van der Waals surface area contributed by atoms with Crippen molar-refractivity contribution < 1.29 is 12.8 Å². The second-order valence-corrected chi connectivity index (χ2v) is 10.5. The quantitative estimate of drug-likeness (QED) is 0.519. The van der Waals surface area contributed by atoms with E-state index >= 15 is 0 Å². The molecule has 2 aliphatic rings. The van der Waals surface area contributed by atoms with Crippen molar-refractivity contribution in [3.63, 3.8) is 0 Å². The van der Waals surface area contributed by atoms with Gasteiger partial charge >= 0.3 is 0 Å². The molecule has 0 radical (unpaired) electrons. The zero-order valence-corrected chi connectivity index (χ0v) is 18.8. The minimum atomic E-state index is -4.14. The summed E-state index contributed by atoms with van der Waals surface area (Å²) in [4.78, 5) is 5.81. The van der Waals surface area contributed by atoms with Crippen LogP contribution < -0.4 is 10.0 Å². The Hall–Kier alpha value is -2.20. The molecule has 0 unspecified atom stereocenters. The molecule has 2 atom stereocenters. The van der Waals surface area contributed by atoms with Crippen LogP contribution in [0.25, 0.3) is 0 Å². The Morgan fingerprint density at radius 2 is 1.97 bits per heavy atom. The highest BCUT2D eigenvalue weighted by Crippen LogP contribution is 2.45. The molecule has 6 nitrogen and oxygen atoms in total. The Labute approximate surface area is 189 Å². The lowest BCUT2D eigenvalue weighted by atomic mass is 10.0. The third kappa shape index (κ3) is 3.91. The Balaban J connectivity index is 1.41. The van der Waals surface area contributed by atoms with Crippen molar-refractivity contribution in [2.75, 3.05) is 23.1 Å².